The molecule has 142 valence electrons. The largest absolute Gasteiger partial charge is 0.391 e. The number of rotatable bonds is 15. The number of aliphatic hydroxyl groups is 1. The fourth-order valence-corrected chi connectivity index (χ4v) is 2.73. The summed E-state index contributed by atoms with van der Waals surface area (Å²) < 4.78 is 0. The van der Waals surface area contributed by atoms with Crippen molar-refractivity contribution in [3.63, 3.8) is 0 Å². The quantitative estimate of drug-likeness (QED) is 0.400. The maximum atomic E-state index is 11.9. The molecule has 0 saturated carbocycles. The molecule has 0 spiro atoms. The van der Waals surface area contributed by atoms with Crippen LogP contribution < -0.4 is 10.6 Å². The molecule has 0 saturated heterocycles. The second-order valence-electron chi connectivity index (χ2n) is 6.75. The van der Waals surface area contributed by atoms with Crippen molar-refractivity contribution >= 4 is 11.8 Å². The summed E-state index contributed by atoms with van der Waals surface area (Å²) in [5.41, 5.74) is 0. The van der Waals surface area contributed by atoms with Crippen LogP contribution in [0.4, 0.5) is 0 Å². The van der Waals surface area contributed by atoms with Crippen LogP contribution in [0.25, 0.3) is 0 Å². The van der Waals surface area contributed by atoms with Crippen molar-refractivity contribution in [2.45, 2.75) is 104 Å². The predicted molar refractivity (Wildman–Crippen MR) is 98.8 cm³/mol. The van der Waals surface area contributed by atoms with Crippen molar-refractivity contribution < 1.29 is 14.7 Å². The summed E-state index contributed by atoms with van der Waals surface area (Å²) in [5, 5.41) is 14.8. The first kappa shape index (κ1) is 22.9. The fourth-order valence-electron chi connectivity index (χ4n) is 2.73. The Balaban J connectivity index is 3.51. The summed E-state index contributed by atoms with van der Waals surface area (Å²) in [5.74, 6) is -0.627. The molecular formula is C19H38N2O3. The van der Waals surface area contributed by atoms with E-state index in [4.69, 9.17) is 0 Å². The Morgan fingerprint density at radius 3 is 1.75 bits per heavy atom. The maximum absolute atomic E-state index is 11.9. The third-order valence-corrected chi connectivity index (χ3v) is 4.20. The zero-order chi connectivity index (χ0) is 18.2. The van der Waals surface area contributed by atoms with E-state index >= 15 is 0 Å². The lowest BCUT2D eigenvalue weighted by atomic mass is 10.1. The first-order valence-corrected chi connectivity index (χ1v) is 9.72. The smallest absolute Gasteiger partial charge is 0.245 e. The Labute approximate surface area is 148 Å². The molecule has 0 fully saturated rings. The molecular weight excluding hydrogens is 304 g/mol. The fraction of sp³-hybridized carbons (Fsp3) is 0.895. The minimum atomic E-state index is -0.897. The van der Waals surface area contributed by atoms with Gasteiger partial charge in [-0.15, -0.1) is 0 Å². The van der Waals surface area contributed by atoms with Gasteiger partial charge in [-0.2, -0.15) is 0 Å². The monoisotopic (exact) mass is 342 g/mol. The lowest BCUT2D eigenvalue weighted by molar-refractivity contribution is -0.130. The number of carbonyl (C=O) groups excluding carboxylic acids is 2. The molecule has 0 aromatic carbocycles. The van der Waals surface area contributed by atoms with Crippen molar-refractivity contribution in [3.05, 3.63) is 0 Å². The van der Waals surface area contributed by atoms with E-state index in [1.54, 1.807) is 0 Å². The second kappa shape index (κ2) is 15.4. The van der Waals surface area contributed by atoms with Gasteiger partial charge in [0.25, 0.3) is 0 Å². The lowest BCUT2D eigenvalue weighted by Crippen LogP contribution is -2.52. The predicted octanol–water partition coefficient (Wildman–Crippen LogP) is 3.30. The molecule has 0 aromatic rings. The highest BCUT2D eigenvalue weighted by Crippen LogP contribution is 2.11. The molecule has 2 atom stereocenters. The second-order valence-corrected chi connectivity index (χ2v) is 6.75. The first-order valence-electron chi connectivity index (χ1n) is 9.72. The summed E-state index contributed by atoms with van der Waals surface area (Å²) in [4.78, 5) is 23.0. The normalized spacial score (nSPS) is 13.3. The topological polar surface area (TPSA) is 78.4 Å². The van der Waals surface area contributed by atoms with Gasteiger partial charge in [0, 0.05) is 13.5 Å². The third-order valence-electron chi connectivity index (χ3n) is 4.20. The summed E-state index contributed by atoms with van der Waals surface area (Å²) >= 11 is 0. The van der Waals surface area contributed by atoms with E-state index in [0.29, 0.717) is 6.54 Å². The third kappa shape index (κ3) is 13.3. The van der Waals surface area contributed by atoms with Gasteiger partial charge >= 0.3 is 0 Å². The molecule has 0 aliphatic heterocycles. The molecule has 0 heterocycles. The van der Waals surface area contributed by atoms with Crippen LogP contribution in [0.1, 0.15) is 91.4 Å². The standard InChI is InChI=1S/C19H38N2O3/c1-4-5-6-7-8-9-10-11-12-13-14-15-20-19(24)18(16(2)22)21-17(3)23/h16,18,22H,4-15H2,1-3H3,(H,20,24)(H,21,23)/t16-,18+/m1/s1. The van der Waals surface area contributed by atoms with E-state index in [2.05, 4.69) is 17.6 Å². The van der Waals surface area contributed by atoms with Gasteiger partial charge in [-0.3, -0.25) is 9.59 Å². The zero-order valence-electron chi connectivity index (χ0n) is 15.9. The summed E-state index contributed by atoms with van der Waals surface area (Å²) in [6.07, 6.45) is 13.1. The summed E-state index contributed by atoms with van der Waals surface area (Å²) in [6, 6.07) is -0.866. The van der Waals surface area contributed by atoms with Gasteiger partial charge in [-0.1, -0.05) is 71.1 Å². The highest BCUT2D eigenvalue weighted by Gasteiger charge is 2.23. The molecule has 3 N–H and O–H groups in total. The van der Waals surface area contributed by atoms with Crippen LogP contribution in [-0.2, 0) is 9.59 Å². The molecule has 24 heavy (non-hydrogen) atoms. The van der Waals surface area contributed by atoms with Crippen LogP contribution in [0.2, 0.25) is 0 Å². The minimum Gasteiger partial charge on any atom is -0.391 e. The average molecular weight is 343 g/mol. The van der Waals surface area contributed by atoms with E-state index in [1.807, 2.05) is 0 Å². The Kier molecular flexibility index (Phi) is 14.7. The van der Waals surface area contributed by atoms with Crippen LogP contribution in [0.5, 0.6) is 0 Å². The average Bonchev–Trinajstić information content (AvgIpc) is 2.53. The number of unbranched alkanes of at least 4 members (excludes halogenated alkanes) is 10. The van der Waals surface area contributed by atoms with E-state index in [1.165, 1.54) is 71.6 Å². The van der Waals surface area contributed by atoms with Crippen LogP contribution in [-0.4, -0.2) is 35.6 Å². The molecule has 0 aromatic heterocycles. The lowest BCUT2D eigenvalue weighted by Gasteiger charge is -2.19. The summed E-state index contributed by atoms with van der Waals surface area (Å²) in [6.45, 7) is 5.68. The first-order chi connectivity index (χ1) is 11.5. The van der Waals surface area contributed by atoms with E-state index in [9.17, 15) is 14.7 Å². The zero-order valence-corrected chi connectivity index (χ0v) is 15.9. The Morgan fingerprint density at radius 1 is 0.875 bits per heavy atom. The Hall–Kier alpha value is -1.10. The molecule has 0 radical (unpaired) electrons. The Bertz CT molecular complexity index is 333. The van der Waals surface area contributed by atoms with E-state index in [-0.39, 0.29) is 11.8 Å². The van der Waals surface area contributed by atoms with E-state index < -0.39 is 12.1 Å². The van der Waals surface area contributed by atoms with Gasteiger partial charge in [0.2, 0.25) is 11.8 Å². The van der Waals surface area contributed by atoms with Crippen molar-refractivity contribution in [2.75, 3.05) is 6.54 Å². The molecule has 0 unspecified atom stereocenters. The molecule has 0 aliphatic carbocycles. The van der Waals surface area contributed by atoms with Crippen LogP contribution >= 0.6 is 0 Å². The Morgan fingerprint density at radius 2 is 1.33 bits per heavy atom. The van der Waals surface area contributed by atoms with Crippen molar-refractivity contribution in [1.82, 2.24) is 10.6 Å². The van der Waals surface area contributed by atoms with Crippen LogP contribution in [0.15, 0.2) is 0 Å². The number of nitrogens with one attached hydrogen (secondary N) is 2. The highest BCUT2D eigenvalue weighted by molar-refractivity contribution is 5.87. The van der Waals surface area contributed by atoms with Gasteiger partial charge in [0.05, 0.1) is 6.10 Å². The number of carbonyl (C=O) groups is 2. The highest BCUT2D eigenvalue weighted by atomic mass is 16.3. The van der Waals surface area contributed by atoms with Gasteiger partial charge in [0.15, 0.2) is 0 Å². The molecule has 5 nitrogen and oxygen atoms in total. The molecule has 0 aliphatic rings. The molecule has 5 heteroatoms. The maximum Gasteiger partial charge on any atom is 0.245 e. The number of hydrogen-bond donors (Lipinski definition) is 3. The van der Waals surface area contributed by atoms with Crippen molar-refractivity contribution in [1.29, 1.82) is 0 Å². The van der Waals surface area contributed by atoms with Gasteiger partial charge in [-0.25, -0.2) is 0 Å². The molecule has 0 rings (SSSR count). The van der Waals surface area contributed by atoms with Crippen molar-refractivity contribution in [2.24, 2.45) is 0 Å². The minimum absolute atomic E-state index is 0.313. The SMILES string of the molecule is CCCCCCCCCCCCCNC(=O)[C@@H](NC(C)=O)[C@@H](C)O. The van der Waals surface area contributed by atoms with Gasteiger partial charge in [0.1, 0.15) is 6.04 Å². The van der Waals surface area contributed by atoms with Crippen molar-refractivity contribution in [3.8, 4) is 0 Å². The van der Waals surface area contributed by atoms with Gasteiger partial charge < -0.3 is 15.7 Å². The van der Waals surface area contributed by atoms with Crippen LogP contribution in [0, 0.1) is 0 Å². The summed E-state index contributed by atoms with van der Waals surface area (Å²) in [7, 11) is 0. The molecule has 2 amide bonds. The van der Waals surface area contributed by atoms with Crippen LogP contribution in [0.3, 0.4) is 0 Å². The van der Waals surface area contributed by atoms with E-state index in [0.717, 1.165) is 12.8 Å². The number of aliphatic hydroxyl groups excluding tert-OH is 1. The van der Waals surface area contributed by atoms with Gasteiger partial charge in [-0.05, 0) is 13.3 Å². The molecule has 0 bridgehead atoms. The number of amides is 2. The number of hydrogen-bond acceptors (Lipinski definition) is 3.